The Balaban J connectivity index is 1.25. The molecule has 0 aromatic heterocycles. The molecule has 19 nitrogen and oxygen atoms in total. The van der Waals surface area contributed by atoms with E-state index in [-0.39, 0.29) is 77.8 Å². The molecule has 0 saturated carbocycles. The van der Waals surface area contributed by atoms with Crippen LogP contribution in [0.5, 0.6) is 11.5 Å². The van der Waals surface area contributed by atoms with Crippen LogP contribution in [0.25, 0.3) is 16.7 Å². The van der Waals surface area contributed by atoms with E-state index < -0.39 is 98.6 Å². The first-order valence-electron chi connectivity index (χ1n) is 23.4. The second kappa shape index (κ2) is 19.0. The molecule has 73 heavy (non-hydrogen) atoms. The Kier molecular flexibility index (Phi) is 13.6. The number of amides is 3. The Morgan fingerprint density at radius 2 is 1.55 bits per heavy atom. The number of phosphoric acid groups is 2. The number of rotatable bonds is 14. The molecule has 4 N–H and O–H groups in total. The number of hydroxylamine groups is 2. The van der Waals surface area contributed by atoms with E-state index >= 15 is 17.6 Å². The summed E-state index contributed by atoms with van der Waals surface area (Å²) in [5, 5.41) is 0.837. The molecule has 0 radical (unpaired) electrons. The summed E-state index contributed by atoms with van der Waals surface area (Å²) in [5.74, 6) is -11.1. The number of hydrogen-bond donors (Lipinski definition) is 4. The molecule has 6 aliphatic rings. The molecule has 6 aliphatic heterocycles. The lowest BCUT2D eigenvalue weighted by Gasteiger charge is -2.47. The van der Waals surface area contributed by atoms with Crippen molar-refractivity contribution in [2.45, 2.75) is 90.1 Å². The third-order valence-electron chi connectivity index (χ3n) is 13.9. The SMILES string of the molecule is CN(CCCCOC(=O)ON1C(=O)CCC1=O)C(=O)c1c(F)c(F)c(F)c(F)c1C1=c2cc3c4c(c2Oc2c1cc1c5c2CCCN5C(C)(C)C=C1COP(=O)(O)O)CCC[N+]=4C(C)(C)C=C3CO[P+]([O-])(O)O. The summed E-state index contributed by atoms with van der Waals surface area (Å²) in [6, 6.07) is 2.97. The van der Waals surface area contributed by atoms with Gasteiger partial charge in [0.1, 0.15) is 24.7 Å². The van der Waals surface area contributed by atoms with Crippen LogP contribution in [0.2, 0.25) is 0 Å². The zero-order valence-electron chi connectivity index (χ0n) is 40.2. The third-order valence-corrected chi connectivity index (χ3v) is 14.8. The maximum Gasteiger partial charge on any atom is 0.533 e. The van der Waals surface area contributed by atoms with Gasteiger partial charge in [0.2, 0.25) is 5.36 Å². The molecule has 6 heterocycles. The van der Waals surface area contributed by atoms with Gasteiger partial charge >= 0.3 is 22.1 Å². The Labute approximate surface area is 415 Å². The molecule has 1 fully saturated rings. The smallest absolute Gasteiger partial charge is 0.533 e. The monoisotopic (exact) mass is 1060 g/mol. The first-order valence-corrected chi connectivity index (χ1v) is 26.4. The Morgan fingerprint density at radius 1 is 0.877 bits per heavy atom. The van der Waals surface area contributed by atoms with E-state index in [1.807, 2.05) is 27.7 Å². The van der Waals surface area contributed by atoms with Crippen molar-refractivity contribution in [1.29, 1.82) is 0 Å². The number of halogens is 4. The lowest BCUT2D eigenvalue weighted by molar-refractivity contribution is -0.235. The van der Waals surface area contributed by atoms with Gasteiger partial charge in [0.05, 0.1) is 41.1 Å². The molecule has 390 valence electrons. The first kappa shape index (κ1) is 52.3. The van der Waals surface area contributed by atoms with E-state index in [2.05, 4.69) is 14.3 Å². The predicted molar refractivity (Wildman–Crippen MR) is 249 cm³/mol. The van der Waals surface area contributed by atoms with E-state index in [1.165, 1.54) is 19.2 Å². The van der Waals surface area contributed by atoms with Crippen LogP contribution in [0.15, 0.2) is 24.3 Å². The predicted octanol–water partition coefficient (Wildman–Crippen LogP) is 4.35. The summed E-state index contributed by atoms with van der Waals surface area (Å²) < 4.78 is 102. The van der Waals surface area contributed by atoms with E-state index in [0.717, 1.165) is 4.90 Å². The Bertz CT molecular complexity index is 3170. The molecule has 0 spiro atoms. The summed E-state index contributed by atoms with van der Waals surface area (Å²) in [6.45, 7) is 6.76. The van der Waals surface area contributed by atoms with Crippen molar-refractivity contribution < 1.29 is 89.1 Å². The lowest BCUT2D eigenvalue weighted by Crippen LogP contribution is -2.53. The normalized spacial score (nSPS) is 18.3. The van der Waals surface area contributed by atoms with Gasteiger partial charge in [-0.05, 0) is 75.3 Å². The fraction of sp³-hybridized carbons (Fsp3) is 0.438. The Hall–Kier alpha value is -5.61. The summed E-state index contributed by atoms with van der Waals surface area (Å²) in [5.41, 5.74) is -1.29. The van der Waals surface area contributed by atoms with Crippen LogP contribution in [-0.2, 0) is 45.6 Å². The molecule has 0 aliphatic carbocycles. The highest BCUT2D eigenvalue weighted by Crippen LogP contribution is 2.54. The van der Waals surface area contributed by atoms with Gasteiger partial charge in [0.25, 0.3) is 17.7 Å². The molecule has 0 unspecified atom stereocenters. The molecule has 1 saturated heterocycles. The summed E-state index contributed by atoms with van der Waals surface area (Å²) >= 11 is 0. The van der Waals surface area contributed by atoms with Gasteiger partial charge in [0, 0.05) is 86.3 Å². The standard InChI is InChI=1S/C48H50F4N4O15P2/c1-47(2)20-24(22-68-72(61,62)63)28-18-30-34(35-36(38(50)40(52)39(51)37(35)49)45(59)53(5)14-6-7-17-67-46(60)71-56-32(57)12-13-33(56)58)31-19-29-25(23-69-73(64,65)66)21-48(3,4)55-16-9-11-27(42(29)55)44(31)70-43(30)26-10-8-15-54(47)41(26)28/h18-21H,6-17,22-23H2,1-5H3,(H3-,61,62,63,64,65,66)/p+1. The van der Waals surface area contributed by atoms with Crippen LogP contribution in [-0.4, -0.2) is 111 Å². The third kappa shape index (κ3) is 9.59. The fourth-order valence-electron chi connectivity index (χ4n) is 10.8. The van der Waals surface area contributed by atoms with Crippen molar-refractivity contribution in [2.75, 3.05) is 51.4 Å². The number of phosphoric ester groups is 2. The van der Waals surface area contributed by atoms with Gasteiger partial charge < -0.3 is 34.0 Å². The number of unbranched alkanes of at least 4 members (excludes halogenated alkanes) is 1. The number of hydrogen-bond acceptors (Lipinski definition) is 14. The van der Waals surface area contributed by atoms with Gasteiger partial charge in [-0.25, -0.2) is 31.5 Å². The number of carbonyl (C=O) groups excluding carboxylic acids is 4. The number of fused-ring (bicyclic) bond motifs is 4. The summed E-state index contributed by atoms with van der Waals surface area (Å²) in [6.07, 6.45) is 3.61. The van der Waals surface area contributed by atoms with Crippen LogP contribution in [0.4, 0.5) is 28.0 Å². The van der Waals surface area contributed by atoms with Crippen molar-refractivity contribution in [2.24, 2.45) is 0 Å². The maximum atomic E-state index is 17.4. The molecule has 9 rings (SSSR count). The molecule has 3 aromatic carbocycles. The van der Waals surface area contributed by atoms with Crippen molar-refractivity contribution in [3.05, 3.63) is 97.1 Å². The van der Waals surface area contributed by atoms with Crippen LogP contribution in [0.3, 0.4) is 0 Å². The lowest BCUT2D eigenvalue weighted by atomic mass is 9.78. The van der Waals surface area contributed by atoms with Gasteiger partial charge in [-0.15, -0.1) is 0 Å². The number of benzene rings is 3. The zero-order valence-corrected chi connectivity index (χ0v) is 42.0. The average Bonchev–Trinajstić information content (AvgIpc) is 3.63. The molecular formula is C48H51F4N4O15P2+. The number of anilines is 1. The van der Waals surface area contributed by atoms with E-state index in [1.54, 1.807) is 12.2 Å². The molecule has 0 atom stereocenters. The molecule has 3 amide bonds. The largest absolute Gasteiger partial charge is 0.606 e. The van der Waals surface area contributed by atoms with Crippen molar-refractivity contribution >= 4 is 62.3 Å². The van der Waals surface area contributed by atoms with E-state index in [0.29, 0.717) is 77.1 Å². The number of carbonyl (C=O) groups is 4. The van der Waals surface area contributed by atoms with E-state index in [4.69, 9.17) is 18.5 Å². The number of ether oxygens (including phenoxy) is 2. The second-order valence-corrected chi connectivity index (χ2v) is 22.1. The van der Waals surface area contributed by atoms with E-state index in [9.17, 15) is 48.2 Å². The highest BCUT2D eigenvalue weighted by atomic mass is 31.2. The fourth-order valence-corrected chi connectivity index (χ4v) is 11.4. The molecular weight excluding hydrogens is 1010 g/mol. The van der Waals surface area contributed by atoms with Crippen LogP contribution >= 0.6 is 16.0 Å². The van der Waals surface area contributed by atoms with Crippen LogP contribution in [0, 0.1) is 23.3 Å². The van der Waals surface area contributed by atoms with Gasteiger partial charge in [-0.2, -0.15) is 14.3 Å². The quantitative estimate of drug-likeness (QED) is 0.0200. The number of imide groups is 1. The topological polar surface area (TPSA) is 248 Å². The van der Waals surface area contributed by atoms with Gasteiger partial charge in [-0.1, -0.05) is 11.1 Å². The van der Waals surface area contributed by atoms with Crippen LogP contribution in [0.1, 0.15) is 110 Å². The van der Waals surface area contributed by atoms with Gasteiger partial charge in [-0.3, -0.25) is 23.7 Å². The molecule has 25 heteroatoms. The van der Waals surface area contributed by atoms with Crippen molar-refractivity contribution in [3.8, 4) is 11.5 Å². The highest BCUT2D eigenvalue weighted by Gasteiger charge is 2.45. The minimum absolute atomic E-state index is 0.0259. The average molecular weight is 1060 g/mol. The summed E-state index contributed by atoms with van der Waals surface area (Å²) in [7, 11) is -8.95. The Morgan fingerprint density at radius 3 is 2.23 bits per heavy atom. The van der Waals surface area contributed by atoms with Gasteiger partial charge in [0.15, 0.2) is 28.8 Å². The second-order valence-electron chi connectivity index (χ2n) is 19.6. The minimum atomic E-state index is -5.08. The number of nitrogens with zero attached hydrogens (tertiary/aromatic N) is 4. The van der Waals surface area contributed by atoms with Crippen molar-refractivity contribution in [3.63, 3.8) is 0 Å². The zero-order chi connectivity index (χ0) is 52.9. The highest BCUT2D eigenvalue weighted by molar-refractivity contribution is 7.51. The maximum absolute atomic E-state index is 17.4. The molecule has 0 bridgehead atoms. The van der Waals surface area contributed by atoms with Crippen molar-refractivity contribution in [1.82, 2.24) is 14.5 Å². The summed E-state index contributed by atoms with van der Waals surface area (Å²) in [4.78, 5) is 110. The van der Waals surface area contributed by atoms with Crippen LogP contribution < -0.4 is 29.7 Å². The molecule has 3 aromatic rings. The first-order chi connectivity index (χ1) is 34.2. The minimum Gasteiger partial charge on any atom is -0.606 e.